The molecule has 1 atom stereocenters. The SMILES string of the molecule is COCCN1C(=O)C(=O)C(=C(O)c2ccc(S(=O)(=O)N3CCOCC3)cc2)C1c1ccc(O)c(OC)c1. The lowest BCUT2D eigenvalue weighted by Gasteiger charge is -2.26. The van der Waals surface area contributed by atoms with Gasteiger partial charge in [0.25, 0.3) is 11.7 Å². The van der Waals surface area contributed by atoms with Crippen LogP contribution in [0, 0.1) is 0 Å². The van der Waals surface area contributed by atoms with Crippen LogP contribution in [0.15, 0.2) is 52.9 Å². The van der Waals surface area contributed by atoms with Gasteiger partial charge in [-0.05, 0) is 42.0 Å². The molecule has 198 valence electrons. The molecule has 2 heterocycles. The number of ketones is 1. The van der Waals surface area contributed by atoms with Crippen LogP contribution in [0.1, 0.15) is 17.2 Å². The number of likely N-dealkylation sites (tertiary alicyclic amines) is 1. The number of morpholine rings is 1. The predicted molar refractivity (Wildman–Crippen MR) is 132 cm³/mol. The summed E-state index contributed by atoms with van der Waals surface area (Å²) in [5.74, 6) is -2.16. The van der Waals surface area contributed by atoms with Crippen LogP contribution in [0.2, 0.25) is 0 Å². The van der Waals surface area contributed by atoms with Gasteiger partial charge in [-0.1, -0.05) is 6.07 Å². The van der Waals surface area contributed by atoms with E-state index in [-0.39, 0.29) is 53.8 Å². The molecule has 2 fully saturated rings. The predicted octanol–water partition coefficient (Wildman–Crippen LogP) is 1.49. The van der Waals surface area contributed by atoms with E-state index in [1.807, 2.05) is 0 Å². The van der Waals surface area contributed by atoms with Gasteiger partial charge in [0.1, 0.15) is 5.76 Å². The standard InChI is InChI=1S/C25H28N2O9S/c1-34-12-11-27-22(17-5-8-19(28)20(15-17)35-2)21(24(30)25(27)31)23(29)16-3-6-18(7-4-16)37(32,33)26-9-13-36-14-10-26/h3-8,15,22,28-29H,9-14H2,1-2H3. The van der Waals surface area contributed by atoms with Gasteiger partial charge in [0.15, 0.2) is 11.5 Å². The van der Waals surface area contributed by atoms with Crippen LogP contribution in [0.5, 0.6) is 11.5 Å². The molecule has 11 nitrogen and oxygen atoms in total. The largest absolute Gasteiger partial charge is 0.507 e. The molecular formula is C25H28N2O9S. The Morgan fingerprint density at radius 2 is 1.76 bits per heavy atom. The lowest BCUT2D eigenvalue weighted by atomic mass is 9.95. The Bertz CT molecular complexity index is 1320. The van der Waals surface area contributed by atoms with E-state index in [1.54, 1.807) is 0 Å². The van der Waals surface area contributed by atoms with Gasteiger partial charge >= 0.3 is 0 Å². The first-order valence-corrected chi connectivity index (χ1v) is 13.0. The fourth-order valence-electron chi connectivity index (χ4n) is 4.39. The van der Waals surface area contributed by atoms with Gasteiger partial charge in [-0.3, -0.25) is 9.59 Å². The molecule has 4 rings (SSSR count). The van der Waals surface area contributed by atoms with Crippen molar-refractivity contribution >= 4 is 27.5 Å². The quantitative estimate of drug-likeness (QED) is 0.294. The maximum absolute atomic E-state index is 13.1. The molecule has 0 bridgehead atoms. The van der Waals surface area contributed by atoms with Crippen molar-refractivity contribution < 1.29 is 42.4 Å². The minimum Gasteiger partial charge on any atom is -0.507 e. The molecule has 0 aliphatic carbocycles. The Balaban J connectivity index is 1.76. The number of sulfonamides is 1. The number of ether oxygens (including phenoxy) is 3. The van der Waals surface area contributed by atoms with Crippen LogP contribution in [-0.4, -0.2) is 93.2 Å². The molecule has 12 heteroatoms. The van der Waals surface area contributed by atoms with E-state index in [9.17, 15) is 28.2 Å². The minimum absolute atomic E-state index is 0.0336. The first-order valence-electron chi connectivity index (χ1n) is 11.5. The minimum atomic E-state index is -3.75. The number of nitrogens with zero attached hydrogens (tertiary/aromatic N) is 2. The zero-order chi connectivity index (χ0) is 26.7. The Morgan fingerprint density at radius 3 is 2.38 bits per heavy atom. The van der Waals surface area contributed by atoms with Gasteiger partial charge in [0.2, 0.25) is 10.0 Å². The molecule has 1 unspecified atom stereocenters. The number of methoxy groups -OCH3 is 2. The summed E-state index contributed by atoms with van der Waals surface area (Å²) >= 11 is 0. The van der Waals surface area contributed by atoms with E-state index in [2.05, 4.69) is 0 Å². The van der Waals surface area contributed by atoms with Crippen LogP contribution >= 0.6 is 0 Å². The zero-order valence-corrected chi connectivity index (χ0v) is 21.2. The fourth-order valence-corrected chi connectivity index (χ4v) is 5.80. The smallest absolute Gasteiger partial charge is 0.295 e. The van der Waals surface area contributed by atoms with E-state index >= 15 is 0 Å². The molecule has 1 amide bonds. The van der Waals surface area contributed by atoms with Crippen LogP contribution in [0.3, 0.4) is 0 Å². The van der Waals surface area contributed by atoms with Crippen molar-refractivity contribution in [2.24, 2.45) is 0 Å². The Hall–Kier alpha value is -3.45. The second-order valence-electron chi connectivity index (χ2n) is 8.46. The Kier molecular flexibility index (Phi) is 7.83. The maximum Gasteiger partial charge on any atom is 0.295 e. The number of hydrogen-bond acceptors (Lipinski definition) is 9. The molecule has 0 spiro atoms. The first kappa shape index (κ1) is 26.6. The topological polar surface area (TPSA) is 143 Å². The van der Waals surface area contributed by atoms with E-state index in [4.69, 9.17) is 14.2 Å². The van der Waals surface area contributed by atoms with E-state index in [0.29, 0.717) is 18.8 Å². The summed E-state index contributed by atoms with van der Waals surface area (Å²) in [4.78, 5) is 27.3. The number of amides is 1. The summed E-state index contributed by atoms with van der Waals surface area (Å²) in [5.41, 5.74) is 0.428. The Labute approximate surface area is 214 Å². The number of hydrogen-bond donors (Lipinski definition) is 2. The van der Waals surface area contributed by atoms with Gasteiger partial charge in [-0.25, -0.2) is 8.42 Å². The van der Waals surface area contributed by atoms with Crippen LogP contribution in [0.4, 0.5) is 0 Å². The third-order valence-electron chi connectivity index (χ3n) is 6.33. The number of aromatic hydroxyl groups is 1. The van der Waals surface area contributed by atoms with Gasteiger partial charge in [0.05, 0.1) is 43.4 Å². The number of rotatable bonds is 8. The highest BCUT2D eigenvalue weighted by molar-refractivity contribution is 7.89. The van der Waals surface area contributed by atoms with Gasteiger partial charge in [0, 0.05) is 32.3 Å². The van der Waals surface area contributed by atoms with Crippen molar-refractivity contribution in [1.82, 2.24) is 9.21 Å². The highest BCUT2D eigenvalue weighted by atomic mass is 32.2. The van der Waals surface area contributed by atoms with Crippen molar-refractivity contribution in [3.63, 3.8) is 0 Å². The number of carbonyl (C=O) groups is 2. The number of phenols is 1. The van der Waals surface area contributed by atoms with Gasteiger partial charge in [-0.15, -0.1) is 0 Å². The second kappa shape index (κ2) is 10.9. The highest BCUT2D eigenvalue weighted by Crippen LogP contribution is 2.41. The molecular weight excluding hydrogens is 504 g/mol. The molecule has 2 saturated heterocycles. The number of phenolic OH excluding ortho intramolecular Hbond substituents is 1. The molecule has 37 heavy (non-hydrogen) atoms. The highest BCUT2D eigenvalue weighted by Gasteiger charge is 2.46. The molecule has 2 aromatic rings. The third kappa shape index (κ3) is 5.05. The summed E-state index contributed by atoms with van der Waals surface area (Å²) in [6.07, 6.45) is 0. The van der Waals surface area contributed by atoms with E-state index < -0.39 is 33.5 Å². The summed E-state index contributed by atoms with van der Waals surface area (Å²) < 4.78 is 42.7. The average Bonchev–Trinajstić information content (AvgIpc) is 3.17. The van der Waals surface area contributed by atoms with Gasteiger partial charge in [-0.2, -0.15) is 4.31 Å². The van der Waals surface area contributed by atoms with Crippen LogP contribution in [0.25, 0.3) is 5.76 Å². The van der Waals surface area contributed by atoms with Crippen molar-refractivity contribution in [3.8, 4) is 11.5 Å². The summed E-state index contributed by atoms with van der Waals surface area (Å²) in [6, 6.07) is 8.87. The number of Topliss-reactive ketones (excluding diaryl/α,β-unsaturated/α-hetero) is 1. The van der Waals surface area contributed by atoms with E-state index in [0.717, 1.165) is 0 Å². The zero-order valence-electron chi connectivity index (χ0n) is 20.4. The van der Waals surface area contributed by atoms with Crippen molar-refractivity contribution in [1.29, 1.82) is 0 Å². The van der Waals surface area contributed by atoms with E-state index in [1.165, 1.54) is 65.9 Å². The number of aliphatic hydroxyl groups excluding tert-OH is 1. The first-order chi connectivity index (χ1) is 17.7. The molecule has 0 radical (unpaired) electrons. The lowest BCUT2D eigenvalue weighted by molar-refractivity contribution is -0.140. The molecule has 0 aromatic heterocycles. The normalized spacial score (nSPS) is 20.4. The second-order valence-corrected chi connectivity index (χ2v) is 10.4. The Morgan fingerprint density at radius 1 is 1.08 bits per heavy atom. The number of carbonyl (C=O) groups excluding carboxylic acids is 2. The molecule has 2 aliphatic heterocycles. The summed E-state index contributed by atoms with van der Waals surface area (Å²) in [5, 5.41) is 21.2. The number of benzene rings is 2. The van der Waals surface area contributed by atoms with Crippen molar-refractivity contribution in [2.75, 3.05) is 53.7 Å². The number of aliphatic hydroxyl groups is 1. The molecule has 0 saturated carbocycles. The summed E-state index contributed by atoms with van der Waals surface area (Å²) in [6.45, 7) is 1.32. The molecule has 2 aromatic carbocycles. The molecule has 2 N–H and O–H groups in total. The van der Waals surface area contributed by atoms with Crippen molar-refractivity contribution in [3.05, 3.63) is 59.2 Å². The third-order valence-corrected chi connectivity index (χ3v) is 8.24. The van der Waals surface area contributed by atoms with Gasteiger partial charge < -0.3 is 29.3 Å². The fraction of sp³-hybridized carbons (Fsp3) is 0.360. The van der Waals surface area contributed by atoms with Crippen molar-refractivity contribution in [2.45, 2.75) is 10.9 Å². The monoisotopic (exact) mass is 532 g/mol. The molecule has 2 aliphatic rings. The summed E-state index contributed by atoms with van der Waals surface area (Å²) in [7, 11) is -0.924. The maximum atomic E-state index is 13.1. The lowest BCUT2D eigenvalue weighted by Crippen LogP contribution is -2.40. The van der Waals surface area contributed by atoms with Crippen LogP contribution < -0.4 is 4.74 Å². The van der Waals surface area contributed by atoms with Crippen LogP contribution in [-0.2, 0) is 29.1 Å². The average molecular weight is 533 g/mol.